The molecule has 214 valence electrons. The zero-order valence-electron chi connectivity index (χ0n) is 18.8. The number of aromatic hydroxyl groups is 8. The van der Waals surface area contributed by atoms with Crippen molar-refractivity contribution in [3.63, 3.8) is 0 Å². The van der Waals surface area contributed by atoms with Crippen molar-refractivity contribution < 1.29 is 81.7 Å². The van der Waals surface area contributed by atoms with Gasteiger partial charge in [-0.25, -0.2) is 4.98 Å². The molecule has 0 radical (unpaired) electrons. The minimum absolute atomic E-state index is 0.442. The predicted octanol–water partition coefficient (Wildman–Crippen LogP) is -3.55. The van der Waals surface area contributed by atoms with E-state index in [4.69, 9.17) is 11.6 Å². The van der Waals surface area contributed by atoms with Crippen LogP contribution in [0, 0.1) is 0 Å². The van der Waals surface area contributed by atoms with Gasteiger partial charge in [0.1, 0.15) is 21.6 Å². The fourth-order valence-electron chi connectivity index (χ4n) is 4.32. The summed E-state index contributed by atoms with van der Waals surface area (Å²) in [5.74, 6) is -29.9. The van der Waals surface area contributed by atoms with Crippen molar-refractivity contribution in [2.24, 2.45) is 0 Å². The number of imidazole rings is 1. The van der Waals surface area contributed by atoms with E-state index >= 15 is 0 Å². The van der Waals surface area contributed by atoms with Gasteiger partial charge >= 0.3 is 0 Å². The van der Waals surface area contributed by atoms with Gasteiger partial charge in [-0.1, -0.05) is 11.6 Å². The predicted molar refractivity (Wildman–Crippen MR) is 118 cm³/mol. The van der Waals surface area contributed by atoms with E-state index in [9.17, 15) is 81.7 Å². The van der Waals surface area contributed by atoms with E-state index in [1.54, 1.807) is 0 Å². The molecule has 2 heterocycles. The molecule has 16 N–H and O–H groups in total. The van der Waals surface area contributed by atoms with Crippen molar-refractivity contribution in [2.75, 3.05) is 0 Å². The number of hydrogen-bond acceptors (Lipinski definition) is 18. The second-order valence-electron chi connectivity index (χ2n) is 8.60. The number of halogens is 1. The number of aliphatic hydroxyl groups is 8. The van der Waals surface area contributed by atoms with Crippen LogP contribution in [0.3, 0.4) is 0 Å². The summed E-state index contributed by atoms with van der Waals surface area (Å²) < 4.78 is -0.442. The summed E-state index contributed by atoms with van der Waals surface area (Å²) in [7, 11) is 0. The number of phenols is 8. The Labute approximate surface area is 218 Å². The highest BCUT2D eigenvalue weighted by molar-refractivity contribution is 6.34. The maximum absolute atomic E-state index is 11.1. The molecule has 0 bridgehead atoms. The van der Waals surface area contributed by atoms with Gasteiger partial charge in [-0.3, -0.25) is 4.57 Å². The van der Waals surface area contributed by atoms with Gasteiger partial charge in [0.15, 0.2) is 40.3 Å². The van der Waals surface area contributed by atoms with Crippen LogP contribution in [0.25, 0.3) is 11.0 Å². The van der Waals surface area contributed by atoms with Gasteiger partial charge in [0.05, 0.1) is 0 Å². The molecule has 0 spiro atoms. The number of phenolic OH excluding ortho intramolecular Hbond substituents is 8. The van der Waals surface area contributed by atoms with Crippen molar-refractivity contribution in [3.8, 4) is 46.0 Å². The third kappa shape index (κ3) is 3.61. The van der Waals surface area contributed by atoms with Crippen LogP contribution in [0.2, 0.25) is 5.02 Å². The zero-order chi connectivity index (χ0) is 29.8. The van der Waals surface area contributed by atoms with E-state index in [0.717, 1.165) is 0 Å². The molecule has 2 aromatic carbocycles. The highest BCUT2D eigenvalue weighted by Crippen LogP contribution is 2.56. The van der Waals surface area contributed by atoms with E-state index < -0.39 is 119 Å². The van der Waals surface area contributed by atoms with E-state index in [-0.39, 0.29) is 0 Å². The van der Waals surface area contributed by atoms with Crippen LogP contribution < -0.4 is 0 Å². The molecular weight excluding hydrogens is 562 g/mol. The topological polar surface area (TPSA) is 345 Å². The first-order chi connectivity index (χ1) is 17.6. The highest BCUT2D eigenvalue weighted by atomic mass is 35.5. The number of nitrogens with zero attached hydrogens (tertiary/aromatic N) is 3. The molecule has 1 fully saturated rings. The molecule has 0 aliphatic carbocycles. The largest absolute Gasteiger partial charge is 0.504 e. The zero-order valence-corrected chi connectivity index (χ0v) is 19.5. The fourth-order valence-corrected chi connectivity index (χ4v) is 4.50. The van der Waals surface area contributed by atoms with E-state index in [1.807, 2.05) is 0 Å². The summed E-state index contributed by atoms with van der Waals surface area (Å²) in [6.45, 7) is 0. The monoisotopic (exact) mass is 581 g/mol. The van der Waals surface area contributed by atoms with Crippen LogP contribution in [0.1, 0.15) is 24.2 Å². The minimum atomic E-state index is -4.30. The van der Waals surface area contributed by atoms with Gasteiger partial charge < -0.3 is 81.7 Å². The van der Waals surface area contributed by atoms with Crippen molar-refractivity contribution in [2.45, 2.75) is 36.5 Å². The van der Waals surface area contributed by atoms with E-state index in [1.165, 1.54) is 0 Å². The van der Waals surface area contributed by atoms with Crippen LogP contribution in [-0.4, -0.2) is 108 Å². The lowest BCUT2D eigenvalue weighted by atomic mass is 10.1. The number of benzene rings is 2. The first-order valence-corrected chi connectivity index (χ1v) is 10.6. The number of fused-ring (bicyclic) bond motifs is 1. The molecule has 19 nitrogen and oxygen atoms in total. The molecule has 3 aromatic rings. The third-order valence-electron chi connectivity index (χ3n) is 6.11. The highest BCUT2D eigenvalue weighted by Gasteiger charge is 2.64. The Balaban J connectivity index is 2.22. The lowest BCUT2D eigenvalue weighted by Gasteiger charge is -2.42. The SMILES string of the molecule is Oc1c(O)c(C(O)(O)n2c(C(O)(O)N3C(O)(O)CCC3(O)O)nc3c(O)c(O)c(O)c(O)c32)c(O)c(O)c1Cl. The van der Waals surface area contributed by atoms with Crippen LogP contribution in [-0.2, 0) is 11.8 Å². The summed E-state index contributed by atoms with van der Waals surface area (Å²) >= 11 is 5.53. The average Bonchev–Trinajstić information content (AvgIpc) is 3.34. The Morgan fingerprint density at radius 2 is 1.05 bits per heavy atom. The quantitative estimate of drug-likeness (QED) is 0.0804. The molecule has 1 aromatic heterocycles. The van der Waals surface area contributed by atoms with E-state index in [2.05, 4.69) is 4.98 Å². The standard InChI is InChI=1S/C19H20ClN3O16/c20-4-9(26)7(24)3(8(25)10(4)27)18(36,37)22-6-5(11(28)13(30)14(31)12(6)29)21-15(22)19(38,39)23-16(32,33)1-2-17(23,34)35/h24-39H,1-2H2. The van der Waals surface area contributed by atoms with Crippen LogP contribution >= 0.6 is 11.6 Å². The van der Waals surface area contributed by atoms with Crippen LogP contribution in [0.5, 0.6) is 46.0 Å². The van der Waals surface area contributed by atoms with Gasteiger partial charge in [-0.05, 0) is 0 Å². The molecule has 0 saturated carbocycles. The van der Waals surface area contributed by atoms with Gasteiger partial charge in [-0.2, -0.15) is 0 Å². The minimum Gasteiger partial charge on any atom is -0.504 e. The molecule has 0 atom stereocenters. The fraction of sp³-hybridized carbons (Fsp3) is 0.316. The molecule has 1 aliphatic rings. The molecule has 0 unspecified atom stereocenters. The third-order valence-corrected chi connectivity index (χ3v) is 6.47. The number of rotatable bonds is 4. The number of aromatic nitrogens is 2. The smallest absolute Gasteiger partial charge is 0.296 e. The second-order valence-corrected chi connectivity index (χ2v) is 8.98. The molecular formula is C19H20ClN3O16. The molecule has 0 amide bonds. The molecule has 39 heavy (non-hydrogen) atoms. The molecule has 20 heteroatoms. The van der Waals surface area contributed by atoms with Crippen LogP contribution in [0.4, 0.5) is 0 Å². The lowest BCUT2D eigenvalue weighted by Crippen LogP contribution is -2.65. The van der Waals surface area contributed by atoms with Crippen molar-refractivity contribution in [1.82, 2.24) is 14.5 Å². The van der Waals surface area contributed by atoms with Gasteiger partial charge in [0, 0.05) is 12.8 Å². The Hall–Kier alpha value is -3.76. The Morgan fingerprint density at radius 1 is 0.615 bits per heavy atom. The van der Waals surface area contributed by atoms with Crippen LogP contribution in [0.15, 0.2) is 0 Å². The maximum atomic E-state index is 11.1. The van der Waals surface area contributed by atoms with Crippen molar-refractivity contribution in [1.29, 1.82) is 0 Å². The first-order valence-electron chi connectivity index (χ1n) is 10.3. The maximum Gasteiger partial charge on any atom is 0.296 e. The lowest BCUT2D eigenvalue weighted by molar-refractivity contribution is -0.457. The second kappa shape index (κ2) is 8.12. The Kier molecular flexibility index (Phi) is 5.89. The van der Waals surface area contributed by atoms with Crippen molar-refractivity contribution in [3.05, 3.63) is 16.4 Å². The number of likely N-dealkylation sites (tertiary alicyclic amines) is 1. The summed E-state index contributed by atoms with van der Waals surface area (Å²) in [4.78, 5) is 2.75. The summed E-state index contributed by atoms with van der Waals surface area (Å²) in [5.41, 5.74) is -4.32. The average molecular weight is 582 g/mol. The molecule has 1 saturated heterocycles. The first kappa shape index (κ1) is 28.3. The molecule has 1 aliphatic heterocycles. The summed E-state index contributed by atoms with van der Waals surface area (Å²) in [6, 6.07) is 0. The van der Waals surface area contributed by atoms with Gasteiger partial charge in [-0.15, -0.1) is 4.90 Å². The normalized spacial score (nSPS) is 17.8. The number of hydrogen-bond donors (Lipinski definition) is 16. The van der Waals surface area contributed by atoms with Gasteiger partial charge in [0.25, 0.3) is 11.8 Å². The summed E-state index contributed by atoms with van der Waals surface area (Å²) in [5, 5.41) is 165. The van der Waals surface area contributed by atoms with Crippen molar-refractivity contribution >= 4 is 22.6 Å². The van der Waals surface area contributed by atoms with Gasteiger partial charge in [0.2, 0.25) is 23.3 Å². The molecule has 4 rings (SSSR count). The Bertz CT molecular complexity index is 1490. The Morgan fingerprint density at radius 3 is 1.51 bits per heavy atom. The summed E-state index contributed by atoms with van der Waals surface area (Å²) in [6.07, 6.45) is -1.96. The van der Waals surface area contributed by atoms with E-state index in [0.29, 0.717) is 0 Å².